The monoisotopic (exact) mass is 241 g/mol. The molecule has 1 aliphatic carbocycles. The molecule has 0 amide bonds. The van der Waals surface area contributed by atoms with E-state index in [-0.39, 0.29) is 5.41 Å². The van der Waals surface area contributed by atoms with Crippen LogP contribution in [-0.4, -0.2) is 23.1 Å². The highest BCUT2D eigenvalue weighted by Crippen LogP contribution is 2.29. The first kappa shape index (κ1) is 14.3. The molecule has 0 radical (unpaired) electrons. The molecule has 1 fully saturated rings. The number of nitrogens with one attached hydrogen (secondary N) is 1. The molecule has 0 aromatic heterocycles. The standard InChI is InChI=1S/C13H27N3O/c1-12(2,11(14)16-17)7-6-10-15-13(3)8-4-5-9-13/h15,17H,4-10H2,1-3H3,(H2,14,16). The summed E-state index contributed by atoms with van der Waals surface area (Å²) in [5.41, 5.74) is 5.79. The zero-order valence-corrected chi connectivity index (χ0v) is 11.4. The lowest BCUT2D eigenvalue weighted by atomic mass is 9.86. The first-order valence-electron chi connectivity index (χ1n) is 6.63. The third kappa shape index (κ3) is 4.19. The summed E-state index contributed by atoms with van der Waals surface area (Å²) in [6, 6.07) is 0. The average Bonchev–Trinajstić information content (AvgIpc) is 2.71. The summed E-state index contributed by atoms with van der Waals surface area (Å²) < 4.78 is 0. The zero-order valence-electron chi connectivity index (χ0n) is 11.4. The van der Waals surface area contributed by atoms with Crippen molar-refractivity contribution in [2.45, 2.75) is 64.8 Å². The second-order valence-corrected chi connectivity index (χ2v) is 6.17. The van der Waals surface area contributed by atoms with E-state index in [4.69, 9.17) is 10.9 Å². The Balaban J connectivity index is 2.24. The van der Waals surface area contributed by atoms with Crippen LogP contribution in [-0.2, 0) is 0 Å². The topological polar surface area (TPSA) is 70.6 Å². The summed E-state index contributed by atoms with van der Waals surface area (Å²) in [5, 5.41) is 15.4. The molecule has 4 N–H and O–H groups in total. The Morgan fingerprint density at radius 3 is 2.53 bits per heavy atom. The number of hydrogen-bond donors (Lipinski definition) is 3. The van der Waals surface area contributed by atoms with Crippen LogP contribution in [0.25, 0.3) is 0 Å². The summed E-state index contributed by atoms with van der Waals surface area (Å²) in [5.74, 6) is 0.324. The van der Waals surface area contributed by atoms with Crippen LogP contribution in [0.3, 0.4) is 0 Å². The predicted molar refractivity (Wildman–Crippen MR) is 71.3 cm³/mol. The molecule has 1 aliphatic rings. The molecule has 0 atom stereocenters. The van der Waals surface area contributed by atoms with Gasteiger partial charge in [-0.1, -0.05) is 31.8 Å². The molecule has 0 aliphatic heterocycles. The maximum absolute atomic E-state index is 8.69. The Hall–Kier alpha value is -0.770. The minimum Gasteiger partial charge on any atom is -0.409 e. The van der Waals surface area contributed by atoms with Crippen molar-refractivity contribution >= 4 is 5.84 Å². The minimum absolute atomic E-state index is 0.215. The second kappa shape index (κ2) is 5.71. The van der Waals surface area contributed by atoms with Crippen molar-refractivity contribution < 1.29 is 5.21 Å². The normalized spacial score (nSPS) is 20.8. The largest absolute Gasteiger partial charge is 0.409 e. The molecule has 0 unspecified atom stereocenters. The second-order valence-electron chi connectivity index (χ2n) is 6.17. The van der Waals surface area contributed by atoms with Gasteiger partial charge in [-0.05, 0) is 39.2 Å². The van der Waals surface area contributed by atoms with Crippen molar-refractivity contribution in [2.75, 3.05) is 6.54 Å². The molecule has 0 heterocycles. The van der Waals surface area contributed by atoms with E-state index in [9.17, 15) is 0 Å². The third-order valence-electron chi connectivity index (χ3n) is 4.04. The van der Waals surface area contributed by atoms with E-state index in [1.807, 2.05) is 13.8 Å². The van der Waals surface area contributed by atoms with Crippen LogP contribution in [0.1, 0.15) is 59.3 Å². The summed E-state index contributed by atoms with van der Waals surface area (Å²) in [7, 11) is 0. The first-order chi connectivity index (χ1) is 7.90. The SMILES string of the molecule is CC1(NCCCC(C)(C)C(N)=NO)CCCC1. The summed E-state index contributed by atoms with van der Waals surface area (Å²) in [4.78, 5) is 0. The Morgan fingerprint density at radius 1 is 1.41 bits per heavy atom. The van der Waals surface area contributed by atoms with Gasteiger partial charge in [0.25, 0.3) is 0 Å². The molecule has 0 saturated heterocycles. The van der Waals surface area contributed by atoms with Gasteiger partial charge in [0.15, 0.2) is 0 Å². The van der Waals surface area contributed by atoms with Gasteiger partial charge in [0.1, 0.15) is 5.84 Å². The van der Waals surface area contributed by atoms with Crippen LogP contribution in [0, 0.1) is 5.41 Å². The van der Waals surface area contributed by atoms with Crippen molar-refractivity contribution in [2.24, 2.45) is 16.3 Å². The van der Waals surface area contributed by atoms with E-state index in [0.29, 0.717) is 11.4 Å². The van der Waals surface area contributed by atoms with Crippen LogP contribution in [0.15, 0.2) is 5.16 Å². The fourth-order valence-corrected chi connectivity index (χ4v) is 2.52. The molecule has 1 rings (SSSR count). The van der Waals surface area contributed by atoms with Crippen LogP contribution in [0.2, 0.25) is 0 Å². The first-order valence-corrected chi connectivity index (χ1v) is 6.63. The molecular formula is C13H27N3O. The van der Waals surface area contributed by atoms with Crippen molar-refractivity contribution in [3.63, 3.8) is 0 Å². The van der Waals surface area contributed by atoms with E-state index in [1.54, 1.807) is 0 Å². The van der Waals surface area contributed by atoms with Gasteiger partial charge in [0.2, 0.25) is 0 Å². The molecule has 4 heteroatoms. The number of oxime groups is 1. The summed E-state index contributed by atoms with van der Waals surface area (Å²) >= 11 is 0. The molecule has 17 heavy (non-hydrogen) atoms. The van der Waals surface area contributed by atoms with Crippen molar-refractivity contribution in [1.29, 1.82) is 0 Å². The molecular weight excluding hydrogens is 214 g/mol. The maximum Gasteiger partial charge on any atom is 0.144 e. The van der Waals surface area contributed by atoms with Gasteiger partial charge in [0.05, 0.1) is 0 Å². The number of nitrogens with zero attached hydrogens (tertiary/aromatic N) is 1. The van der Waals surface area contributed by atoms with E-state index in [1.165, 1.54) is 25.7 Å². The summed E-state index contributed by atoms with van der Waals surface area (Å²) in [6.07, 6.45) is 7.26. The highest BCUT2D eigenvalue weighted by molar-refractivity contribution is 5.85. The Morgan fingerprint density at radius 2 is 2.00 bits per heavy atom. The smallest absolute Gasteiger partial charge is 0.144 e. The van der Waals surface area contributed by atoms with Crippen LogP contribution in [0.4, 0.5) is 0 Å². The van der Waals surface area contributed by atoms with Crippen LogP contribution in [0.5, 0.6) is 0 Å². The van der Waals surface area contributed by atoms with Gasteiger partial charge in [0, 0.05) is 11.0 Å². The molecule has 0 aromatic carbocycles. The molecule has 0 aromatic rings. The lowest BCUT2D eigenvalue weighted by Gasteiger charge is -2.27. The quantitative estimate of drug-likeness (QED) is 0.220. The van der Waals surface area contributed by atoms with E-state index >= 15 is 0 Å². The molecule has 4 nitrogen and oxygen atoms in total. The number of amidine groups is 1. The number of nitrogens with two attached hydrogens (primary N) is 1. The molecule has 1 saturated carbocycles. The fraction of sp³-hybridized carbons (Fsp3) is 0.923. The van der Waals surface area contributed by atoms with E-state index in [2.05, 4.69) is 17.4 Å². The molecule has 0 spiro atoms. The van der Waals surface area contributed by atoms with E-state index in [0.717, 1.165) is 19.4 Å². The Labute approximate surface area is 105 Å². The Bertz CT molecular complexity index is 268. The van der Waals surface area contributed by atoms with Gasteiger partial charge < -0.3 is 16.3 Å². The van der Waals surface area contributed by atoms with Crippen molar-refractivity contribution in [1.82, 2.24) is 5.32 Å². The van der Waals surface area contributed by atoms with Crippen LogP contribution >= 0.6 is 0 Å². The van der Waals surface area contributed by atoms with Crippen LogP contribution < -0.4 is 11.1 Å². The molecule has 0 bridgehead atoms. The van der Waals surface area contributed by atoms with Crippen molar-refractivity contribution in [3.05, 3.63) is 0 Å². The van der Waals surface area contributed by atoms with Gasteiger partial charge in [-0.15, -0.1) is 0 Å². The minimum atomic E-state index is -0.215. The average molecular weight is 241 g/mol. The maximum atomic E-state index is 8.69. The number of rotatable bonds is 6. The molecule has 100 valence electrons. The zero-order chi connectivity index (χ0) is 12.9. The number of hydrogen-bond acceptors (Lipinski definition) is 3. The van der Waals surface area contributed by atoms with Crippen molar-refractivity contribution in [3.8, 4) is 0 Å². The predicted octanol–water partition coefficient (Wildman–Crippen LogP) is 2.46. The van der Waals surface area contributed by atoms with Gasteiger partial charge in [-0.3, -0.25) is 0 Å². The van der Waals surface area contributed by atoms with Gasteiger partial charge >= 0.3 is 0 Å². The van der Waals surface area contributed by atoms with Gasteiger partial charge in [-0.25, -0.2) is 0 Å². The lowest BCUT2D eigenvalue weighted by molar-refractivity contribution is 0.301. The fourth-order valence-electron chi connectivity index (χ4n) is 2.52. The van der Waals surface area contributed by atoms with E-state index < -0.39 is 0 Å². The summed E-state index contributed by atoms with van der Waals surface area (Å²) in [6.45, 7) is 7.35. The highest BCUT2D eigenvalue weighted by atomic mass is 16.4. The lowest BCUT2D eigenvalue weighted by Crippen LogP contribution is -2.40. The third-order valence-corrected chi connectivity index (χ3v) is 4.04. The van der Waals surface area contributed by atoms with Gasteiger partial charge in [-0.2, -0.15) is 0 Å². The highest BCUT2D eigenvalue weighted by Gasteiger charge is 2.28. The Kier molecular flexibility index (Phi) is 4.80.